The molecule has 3 heterocycles. The number of aromatic nitrogens is 1. The maximum atomic E-state index is 13.2. The monoisotopic (exact) mass is 448 g/mol. The second-order valence-corrected chi connectivity index (χ2v) is 9.83. The highest BCUT2D eigenvalue weighted by Gasteiger charge is 2.28. The number of morpholine rings is 1. The Labute approximate surface area is 182 Å². The van der Waals surface area contributed by atoms with Crippen molar-refractivity contribution in [2.45, 2.75) is 38.0 Å². The molecule has 2 aromatic rings. The average molecular weight is 449 g/mol. The van der Waals surface area contributed by atoms with Crippen LogP contribution in [0.4, 0.5) is 11.4 Å². The minimum Gasteiger partial charge on any atom is -0.379 e. The van der Waals surface area contributed by atoms with Crippen molar-refractivity contribution >= 4 is 27.3 Å². The van der Waals surface area contributed by atoms with Crippen LogP contribution in [0, 0.1) is 13.8 Å². The summed E-state index contributed by atoms with van der Waals surface area (Å²) in [4.78, 5) is 15.4. The third-order valence-corrected chi connectivity index (χ3v) is 7.68. The van der Waals surface area contributed by atoms with Gasteiger partial charge in [0.25, 0.3) is 5.91 Å². The molecular formula is C21H28N4O5S. The normalized spacial score (nSPS) is 18.2. The largest absolute Gasteiger partial charge is 0.379 e. The van der Waals surface area contributed by atoms with Gasteiger partial charge in [0.05, 0.1) is 35.2 Å². The number of sulfonamides is 1. The third-order valence-electron chi connectivity index (χ3n) is 5.78. The van der Waals surface area contributed by atoms with Crippen LogP contribution < -0.4 is 10.2 Å². The van der Waals surface area contributed by atoms with E-state index < -0.39 is 10.0 Å². The molecule has 0 bridgehead atoms. The third kappa shape index (κ3) is 4.46. The summed E-state index contributed by atoms with van der Waals surface area (Å²) in [5.41, 5.74) is 2.15. The second-order valence-electron chi connectivity index (χ2n) is 7.90. The molecule has 2 aliphatic rings. The van der Waals surface area contributed by atoms with Crippen molar-refractivity contribution in [3.8, 4) is 0 Å². The van der Waals surface area contributed by atoms with Crippen molar-refractivity contribution in [1.82, 2.24) is 9.46 Å². The van der Waals surface area contributed by atoms with Gasteiger partial charge in [-0.3, -0.25) is 4.79 Å². The van der Waals surface area contributed by atoms with Crippen LogP contribution >= 0.6 is 0 Å². The first-order valence-corrected chi connectivity index (χ1v) is 12.0. The molecule has 0 saturated carbocycles. The molecule has 2 saturated heterocycles. The molecule has 9 nitrogen and oxygen atoms in total. The van der Waals surface area contributed by atoms with Crippen LogP contribution in [0.1, 0.15) is 41.1 Å². The number of hydrogen-bond acceptors (Lipinski definition) is 7. The van der Waals surface area contributed by atoms with E-state index in [0.29, 0.717) is 49.0 Å². The van der Waals surface area contributed by atoms with Crippen LogP contribution in [0.2, 0.25) is 0 Å². The van der Waals surface area contributed by atoms with E-state index in [4.69, 9.17) is 9.26 Å². The predicted molar refractivity (Wildman–Crippen MR) is 116 cm³/mol. The quantitative estimate of drug-likeness (QED) is 0.749. The zero-order valence-corrected chi connectivity index (χ0v) is 18.7. The van der Waals surface area contributed by atoms with Crippen molar-refractivity contribution in [1.29, 1.82) is 0 Å². The van der Waals surface area contributed by atoms with E-state index in [-0.39, 0.29) is 10.8 Å². The van der Waals surface area contributed by atoms with Crippen molar-refractivity contribution < 1.29 is 22.5 Å². The zero-order chi connectivity index (χ0) is 22.0. The van der Waals surface area contributed by atoms with Crippen LogP contribution in [0.3, 0.4) is 0 Å². The van der Waals surface area contributed by atoms with Gasteiger partial charge >= 0.3 is 0 Å². The second kappa shape index (κ2) is 8.97. The number of amides is 1. The Hall–Kier alpha value is -2.43. The average Bonchev–Trinajstić information content (AvgIpc) is 3.13. The summed E-state index contributed by atoms with van der Waals surface area (Å²) >= 11 is 0. The van der Waals surface area contributed by atoms with Gasteiger partial charge in [-0.2, -0.15) is 4.31 Å². The van der Waals surface area contributed by atoms with Gasteiger partial charge in [-0.25, -0.2) is 8.42 Å². The van der Waals surface area contributed by atoms with Crippen LogP contribution in [0.25, 0.3) is 0 Å². The lowest BCUT2D eigenvalue weighted by Crippen LogP contribution is -2.40. The fourth-order valence-corrected chi connectivity index (χ4v) is 5.55. The van der Waals surface area contributed by atoms with Gasteiger partial charge in [0.2, 0.25) is 10.0 Å². The number of aryl methyl sites for hydroxylation is 2. The standard InChI is InChI=1S/C21H28N4O5S/c1-15-20(16(2)30-23-15)21(26)22-18-14-17(31(27,28)25-10-12-29-13-11-25)6-7-19(18)24-8-4-3-5-9-24/h6-7,14H,3-5,8-13H2,1-2H3,(H,22,26). The summed E-state index contributed by atoms with van der Waals surface area (Å²) in [5.74, 6) is 0.0574. The Bertz CT molecular complexity index is 1030. The predicted octanol–water partition coefficient (Wildman–Crippen LogP) is 2.55. The molecule has 1 N–H and O–H groups in total. The highest BCUT2D eigenvalue weighted by Crippen LogP contribution is 2.33. The van der Waals surface area contributed by atoms with Gasteiger partial charge in [0.1, 0.15) is 11.3 Å². The summed E-state index contributed by atoms with van der Waals surface area (Å²) in [7, 11) is -3.69. The smallest absolute Gasteiger partial charge is 0.261 e. The molecule has 1 aromatic heterocycles. The molecule has 168 valence electrons. The zero-order valence-electron chi connectivity index (χ0n) is 17.9. The Balaban J connectivity index is 1.70. The van der Waals surface area contributed by atoms with Gasteiger partial charge in [0, 0.05) is 26.2 Å². The van der Waals surface area contributed by atoms with E-state index in [1.165, 1.54) is 10.7 Å². The lowest BCUT2D eigenvalue weighted by molar-refractivity contribution is 0.0730. The number of hydrogen-bond donors (Lipinski definition) is 1. The van der Waals surface area contributed by atoms with Crippen molar-refractivity contribution in [3.63, 3.8) is 0 Å². The molecule has 0 radical (unpaired) electrons. The summed E-state index contributed by atoms with van der Waals surface area (Å²) in [5, 5.41) is 6.77. The number of anilines is 2. The molecule has 4 rings (SSSR count). The lowest BCUT2D eigenvalue weighted by Gasteiger charge is -2.31. The molecule has 1 aromatic carbocycles. The molecule has 1 amide bonds. The summed E-state index contributed by atoms with van der Waals surface area (Å²) < 4.78 is 38.2. The van der Waals surface area contributed by atoms with E-state index in [0.717, 1.165) is 31.6 Å². The number of carbonyl (C=O) groups is 1. The Kier molecular flexibility index (Phi) is 6.31. The number of carbonyl (C=O) groups excluding carboxylic acids is 1. The maximum absolute atomic E-state index is 13.2. The van der Waals surface area contributed by atoms with Crippen LogP contribution in [0.15, 0.2) is 27.6 Å². The SMILES string of the molecule is Cc1noc(C)c1C(=O)Nc1cc(S(=O)(=O)N2CCOCC2)ccc1N1CCCCC1. The van der Waals surface area contributed by atoms with E-state index >= 15 is 0 Å². The molecule has 10 heteroatoms. The van der Waals surface area contributed by atoms with Crippen LogP contribution in [0.5, 0.6) is 0 Å². The topological polar surface area (TPSA) is 105 Å². The maximum Gasteiger partial charge on any atom is 0.261 e. The number of benzene rings is 1. The first kappa shape index (κ1) is 21.8. The Morgan fingerprint density at radius 1 is 1.06 bits per heavy atom. The summed E-state index contributed by atoms with van der Waals surface area (Å²) in [6.45, 7) is 6.50. The molecule has 31 heavy (non-hydrogen) atoms. The Morgan fingerprint density at radius 2 is 1.77 bits per heavy atom. The van der Waals surface area contributed by atoms with Gasteiger partial charge in [-0.1, -0.05) is 5.16 Å². The van der Waals surface area contributed by atoms with E-state index in [1.54, 1.807) is 32.0 Å². The number of rotatable bonds is 5. The van der Waals surface area contributed by atoms with Gasteiger partial charge in [0.15, 0.2) is 0 Å². The highest BCUT2D eigenvalue weighted by atomic mass is 32.2. The lowest BCUT2D eigenvalue weighted by atomic mass is 10.1. The number of piperidine rings is 1. The first-order chi connectivity index (χ1) is 14.9. The molecular weight excluding hydrogens is 420 g/mol. The fraction of sp³-hybridized carbons (Fsp3) is 0.524. The van der Waals surface area contributed by atoms with Gasteiger partial charge in [-0.05, 0) is 51.3 Å². The molecule has 0 spiro atoms. The minimum atomic E-state index is -3.69. The van der Waals surface area contributed by atoms with Crippen molar-refractivity contribution in [3.05, 3.63) is 35.2 Å². The van der Waals surface area contributed by atoms with E-state index in [1.807, 2.05) is 0 Å². The minimum absolute atomic E-state index is 0.157. The van der Waals surface area contributed by atoms with Crippen LogP contribution in [-0.4, -0.2) is 63.2 Å². The molecule has 0 unspecified atom stereocenters. The van der Waals surface area contributed by atoms with Crippen LogP contribution in [-0.2, 0) is 14.8 Å². The molecule has 0 atom stereocenters. The molecule has 2 aliphatic heterocycles. The van der Waals surface area contributed by atoms with E-state index in [9.17, 15) is 13.2 Å². The highest BCUT2D eigenvalue weighted by molar-refractivity contribution is 7.89. The van der Waals surface area contributed by atoms with Crippen molar-refractivity contribution in [2.24, 2.45) is 0 Å². The number of nitrogens with one attached hydrogen (secondary N) is 1. The first-order valence-electron chi connectivity index (χ1n) is 10.6. The fourth-order valence-electron chi connectivity index (χ4n) is 4.11. The summed E-state index contributed by atoms with van der Waals surface area (Å²) in [6.07, 6.45) is 3.29. The van der Waals surface area contributed by atoms with E-state index in [2.05, 4.69) is 15.4 Å². The Morgan fingerprint density at radius 3 is 2.42 bits per heavy atom. The number of nitrogens with zero attached hydrogens (tertiary/aromatic N) is 3. The number of ether oxygens (including phenoxy) is 1. The van der Waals surface area contributed by atoms with Crippen molar-refractivity contribution in [2.75, 3.05) is 49.6 Å². The van der Waals surface area contributed by atoms with Gasteiger partial charge in [-0.15, -0.1) is 0 Å². The summed E-state index contributed by atoms with van der Waals surface area (Å²) in [6, 6.07) is 4.98. The molecule has 0 aliphatic carbocycles. The van der Waals surface area contributed by atoms with Gasteiger partial charge < -0.3 is 19.5 Å². The molecule has 2 fully saturated rings.